The van der Waals surface area contributed by atoms with Gasteiger partial charge in [0.2, 0.25) is 5.91 Å². The molecule has 6 nitrogen and oxygen atoms in total. The number of benzene rings is 1. The monoisotopic (exact) mass is 375 g/mol. The molecule has 3 aromatic rings. The van der Waals surface area contributed by atoms with Gasteiger partial charge in [0.15, 0.2) is 5.16 Å². The lowest BCUT2D eigenvalue weighted by Gasteiger charge is -2.10. The number of thioether (sulfide) groups is 1. The molecule has 0 saturated heterocycles. The second-order valence-corrected chi connectivity index (χ2v) is 7.55. The maximum Gasteiger partial charge on any atom is 0.262 e. The summed E-state index contributed by atoms with van der Waals surface area (Å²) < 4.78 is 6.70. The van der Waals surface area contributed by atoms with Gasteiger partial charge in [-0.3, -0.25) is 14.2 Å². The molecule has 0 aliphatic carbocycles. The Labute approximate surface area is 152 Å². The number of amides is 1. The molecule has 0 radical (unpaired) electrons. The van der Waals surface area contributed by atoms with Gasteiger partial charge in [-0.15, -0.1) is 11.3 Å². The Balaban J connectivity index is 1.75. The highest BCUT2D eigenvalue weighted by atomic mass is 32.2. The molecule has 0 fully saturated rings. The van der Waals surface area contributed by atoms with Gasteiger partial charge >= 0.3 is 0 Å². The Kier molecular flexibility index (Phi) is 5.10. The summed E-state index contributed by atoms with van der Waals surface area (Å²) in [5, 5.41) is 3.95. The molecular formula is C17H17N3O3S2. The standard InChI is InChI=1S/C17H17N3O3S2/c1-10-8-11-15(25-10)19-17(20(2)16(11)22)24-9-14(21)18-12-6-4-5-7-13(12)23-3/h4-8H,9H2,1-3H3,(H,18,21). The van der Waals surface area contributed by atoms with Gasteiger partial charge in [-0.2, -0.15) is 0 Å². The van der Waals surface area contributed by atoms with E-state index in [1.54, 1.807) is 26.3 Å². The summed E-state index contributed by atoms with van der Waals surface area (Å²) in [6, 6.07) is 9.06. The number of thiophene rings is 1. The maximum absolute atomic E-state index is 12.4. The van der Waals surface area contributed by atoms with Crippen molar-refractivity contribution < 1.29 is 9.53 Å². The minimum Gasteiger partial charge on any atom is -0.495 e. The molecular weight excluding hydrogens is 358 g/mol. The van der Waals surface area contributed by atoms with Crippen LogP contribution in [0.4, 0.5) is 5.69 Å². The Bertz CT molecular complexity index is 994. The number of methoxy groups -OCH3 is 1. The third-order valence-electron chi connectivity index (χ3n) is 3.57. The lowest BCUT2D eigenvalue weighted by atomic mass is 10.3. The van der Waals surface area contributed by atoms with E-state index in [0.29, 0.717) is 26.8 Å². The molecule has 1 amide bonds. The third-order valence-corrected chi connectivity index (χ3v) is 5.54. The SMILES string of the molecule is COc1ccccc1NC(=O)CSc1nc2sc(C)cc2c(=O)n1C. The number of hydrogen-bond acceptors (Lipinski definition) is 6. The quantitative estimate of drug-likeness (QED) is 0.548. The van der Waals surface area contributed by atoms with Crippen LogP contribution in [-0.2, 0) is 11.8 Å². The van der Waals surface area contributed by atoms with Crippen molar-refractivity contribution in [2.45, 2.75) is 12.1 Å². The fourth-order valence-electron chi connectivity index (χ4n) is 2.36. The zero-order valence-corrected chi connectivity index (χ0v) is 15.7. The highest BCUT2D eigenvalue weighted by Crippen LogP contribution is 2.25. The van der Waals surface area contributed by atoms with Gasteiger partial charge in [0.25, 0.3) is 5.56 Å². The number of carbonyl (C=O) groups is 1. The van der Waals surface area contributed by atoms with E-state index in [9.17, 15) is 9.59 Å². The van der Waals surface area contributed by atoms with E-state index in [4.69, 9.17) is 4.74 Å². The molecule has 2 aromatic heterocycles. The molecule has 8 heteroatoms. The zero-order valence-electron chi connectivity index (χ0n) is 14.0. The van der Waals surface area contributed by atoms with Crippen molar-refractivity contribution in [2.24, 2.45) is 7.05 Å². The summed E-state index contributed by atoms with van der Waals surface area (Å²) in [7, 11) is 3.22. The maximum atomic E-state index is 12.4. The van der Waals surface area contributed by atoms with Crippen LogP contribution in [0.25, 0.3) is 10.2 Å². The molecule has 1 aromatic carbocycles. The van der Waals surface area contributed by atoms with E-state index >= 15 is 0 Å². The first-order chi connectivity index (χ1) is 12.0. The smallest absolute Gasteiger partial charge is 0.262 e. The number of rotatable bonds is 5. The highest BCUT2D eigenvalue weighted by Gasteiger charge is 2.13. The molecule has 25 heavy (non-hydrogen) atoms. The van der Waals surface area contributed by atoms with Crippen molar-refractivity contribution in [3.05, 3.63) is 45.6 Å². The van der Waals surface area contributed by atoms with E-state index in [0.717, 1.165) is 4.88 Å². The highest BCUT2D eigenvalue weighted by molar-refractivity contribution is 7.99. The number of aryl methyl sites for hydroxylation is 1. The average Bonchev–Trinajstić information content (AvgIpc) is 2.98. The number of carbonyl (C=O) groups excluding carboxylic acids is 1. The molecule has 1 N–H and O–H groups in total. The molecule has 0 atom stereocenters. The lowest BCUT2D eigenvalue weighted by molar-refractivity contribution is -0.113. The van der Waals surface area contributed by atoms with Crippen molar-refractivity contribution in [1.82, 2.24) is 9.55 Å². The number of aromatic nitrogens is 2. The normalized spacial score (nSPS) is 10.8. The average molecular weight is 375 g/mol. The minimum atomic E-state index is -0.189. The molecule has 0 bridgehead atoms. The summed E-state index contributed by atoms with van der Waals surface area (Å²) in [5.41, 5.74) is 0.517. The topological polar surface area (TPSA) is 73.2 Å². The summed E-state index contributed by atoms with van der Waals surface area (Å²) >= 11 is 2.71. The van der Waals surface area contributed by atoms with Crippen LogP contribution in [0.3, 0.4) is 0 Å². The Morgan fingerprint density at radius 3 is 2.92 bits per heavy atom. The summed E-state index contributed by atoms with van der Waals surface area (Å²) in [6.45, 7) is 1.94. The van der Waals surface area contributed by atoms with E-state index < -0.39 is 0 Å². The molecule has 0 aliphatic heterocycles. The Morgan fingerprint density at radius 1 is 1.40 bits per heavy atom. The van der Waals surface area contributed by atoms with Gasteiger partial charge in [-0.25, -0.2) is 4.98 Å². The number of fused-ring (bicyclic) bond motifs is 1. The van der Waals surface area contributed by atoms with Crippen LogP contribution < -0.4 is 15.6 Å². The van der Waals surface area contributed by atoms with E-state index in [1.165, 1.54) is 27.7 Å². The fourth-order valence-corrected chi connectivity index (χ4v) is 4.05. The van der Waals surface area contributed by atoms with Crippen LogP contribution >= 0.6 is 23.1 Å². The minimum absolute atomic E-state index is 0.0954. The molecule has 2 heterocycles. The van der Waals surface area contributed by atoms with E-state index in [2.05, 4.69) is 10.3 Å². The van der Waals surface area contributed by atoms with Crippen LogP contribution in [0.2, 0.25) is 0 Å². The van der Waals surface area contributed by atoms with Crippen molar-refractivity contribution in [3.8, 4) is 5.75 Å². The lowest BCUT2D eigenvalue weighted by Crippen LogP contribution is -2.21. The van der Waals surface area contributed by atoms with Crippen molar-refractivity contribution in [1.29, 1.82) is 0 Å². The first-order valence-corrected chi connectivity index (χ1v) is 9.32. The molecule has 3 rings (SSSR count). The predicted octanol–water partition coefficient (Wildman–Crippen LogP) is 3.04. The molecule has 0 unspecified atom stereocenters. The van der Waals surface area contributed by atoms with Gasteiger partial charge in [0.1, 0.15) is 10.6 Å². The van der Waals surface area contributed by atoms with Gasteiger partial charge in [0, 0.05) is 11.9 Å². The molecule has 0 aliphatic rings. The first-order valence-electron chi connectivity index (χ1n) is 7.52. The van der Waals surface area contributed by atoms with Gasteiger partial charge in [0.05, 0.1) is 23.9 Å². The van der Waals surface area contributed by atoms with E-state index in [-0.39, 0.29) is 17.2 Å². The number of anilines is 1. The van der Waals surface area contributed by atoms with Gasteiger partial charge in [-0.05, 0) is 25.1 Å². The first kappa shape index (κ1) is 17.5. The van der Waals surface area contributed by atoms with Crippen LogP contribution in [0.5, 0.6) is 5.75 Å². The van der Waals surface area contributed by atoms with Gasteiger partial charge in [-0.1, -0.05) is 23.9 Å². The van der Waals surface area contributed by atoms with E-state index in [1.807, 2.05) is 25.1 Å². The number of hydrogen-bond donors (Lipinski definition) is 1. The van der Waals surface area contributed by atoms with Crippen LogP contribution in [0.15, 0.2) is 40.3 Å². The van der Waals surface area contributed by atoms with Crippen molar-refractivity contribution in [3.63, 3.8) is 0 Å². The summed E-state index contributed by atoms with van der Waals surface area (Å²) in [5.74, 6) is 0.557. The van der Waals surface area contributed by atoms with Crippen LogP contribution in [-0.4, -0.2) is 28.3 Å². The second kappa shape index (κ2) is 7.28. The van der Waals surface area contributed by atoms with Crippen LogP contribution in [0.1, 0.15) is 4.88 Å². The van der Waals surface area contributed by atoms with Gasteiger partial charge < -0.3 is 10.1 Å². The van der Waals surface area contributed by atoms with Crippen molar-refractivity contribution in [2.75, 3.05) is 18.2 Å². The number of para-hydroxylation sites is 2. The summed E-state index contributed by atoms with van der Waals surface area (Å²) in [4.78, 5) is 30.8. The van der Waals surface area contributed by atoms with Crippen LogP contribution in [0, 0.1) is 6.92 Å². The largest absolute Gasteiger partial charge is 0.495 e. The molecule has 130 valence electrons. The molecule has 0 spiro atoms. The van der Waals surface area contributed by atoms with Crippen molar-refractivity contribution >= 4 is 44.9 Å². The fraction of sp³-hybridized carbons (Fsp3) is 0.235. The Morgan fingerprint density at radius 2 is 2.16 bits per heavy atom. The second-order valence-electron chi connectivity index (χ2n) is 5.37. The predicted molar refractivity (Wildman–Crippen MR) is 102 cm³/mol. The molecule has 0 saturated carbocycles. The zero-order chi connectivity index (χ0) is 18.0. The Hall–Kier alpha value is -2.32. The summed E-state index contributed by atoms with van der Waals surface area (Å²) in [6.07, 6.45) is 0. The number of nitrogens with one attached hydrogen (secondary N) is 1. The third kappa shape index (κ3) is 3.69. The number of nitrogens with zero attached hydrogens (tertiary/aromatic N) is 2. The number of ether oxygens (including phenoxy) is 1.